The molecule has 0 saturated heterocycles. The molecular formula is C18H23N3O. The van der Waals surface area contributed by atoms with E-state index < -0.39 is 0 Å². The average molecular weight is 297 g/mol. The van der Waals surface area contributed by atoms with Crippen LogP contribution in [0.15, 0.2) is 54.9 Å². The Morgan fingerprint density at radius 1 is 1.14 bits per heavy atom. The fourth-order valence-corrected chi connectivity index (χ4v) is 2.23. The Morgan fingerprint density at radius 3 is 2.41 bits per heavy atom. The summed E-state index contributed by atoms with van der Waals surface area (Å²) in [7, 11) is 0. The van der Waals surface area contributed by atoms with Crippen LogP contribution in [0.2, 0.25) is 0 Å². The highest BCUT2D eigenvalue weighted by molar-refractivity contribution is 5.74. The summed E-state index contributed by atoms with van der Waals surface area (Å²) in [5.41, 5.74) is 2.09. The topological polar surface area (TPSA) is 54.0 Å². The Bertz CT molecular complexity index is 596. The number of hydrogen-bond acceptors (Lipinski definition) is 2. The van der Waals surface area contributed by atoms with Crippen molar-refractivity contribution in [2.24, 2.45) is 0 Å². The summed E-state index contributed by atoms with van der Waals surface area (Å²) in [6.45, 7) is 6.79. The Balaban J connectivity index is 1.91. The maximum absolute atomic E-state index is 12.1. The molecule has 0 aliphatic heterocycles. The molecular weight excluding hydrogens is 274 g/mol. The number of amides is 2. The van der Waals surface area contributed by atoms with Gasteiger partial charge < -0.3 is 10.6 Å². The number of carbonyl (C=O) groups is 1. The number of carbonyl (C=O) groups excluding carboxylic acids is 1. The Morgan fingerprint density at radius 2 is 1.77 bits per heavy atom. The zero-order chi connectivity index (χ0) is 16.0. The molecule has 0 spiro atoms. The maximum Gasteiger partial charge on any atom is 0.315 e. The number of benzene rings is 1. The number of nitrogens with zero attached hydrogens (tertiary/aromatic N) is 1. The number of aromatic nitrogens is 1. The van der Waals surface area contributed by atoms with E-state index in [2.05, 4.69) is 41.6 Å². The molecule has 2 amide bonds. The third-order valence-electron chi connectivity index (χ3n) is 4.15. The molecule has 0 aliphatic rings. The number of hydrogen-bond donors (Lipinski definition) is 2. The van der Waals surface area contributed by atoms with Crippen LogP contribution in [0.4, 0.5) is 4.79 Å². The highest BCUT2D eigenvalue weighted by Crippen LogP contribution is 2.26. The van der Waals surface area contributed by atoms with Crippen LogP contribution in [0.25, 0.3) is 0 Å². The molecule has 0 aliphatic carbocycles. The van der Waals surface area contributed by atoms with Crippen LogP contribution in [0.5, 0.6) is 0 Å². The normalized spacial score (nSPS) is 12.5. The first-order valence-corrected chi connectivity index (χ1v) is 7.49. The molecule has 0 fully saturated rings. The molecule has 0 radical (unpaired) electrons. The standard InChI is InChI=1S/C18H23N3O/c1-14(18(2,3)16-7-5-4-6-8-16)21-17(22)20-13-15-9-11-19-12-10-15/h4-12,14H,13H2,1-3H3,(H2,20,21,22). The van der Waals surface area contributed by atoms with Crippen molar-refractivity contribution in [3.63, 3.8) is 0 Å². The van der Waals surface area contributed by atoms with E-state index in [1.165, 1.54) is 5.56 Å². The third-order valence-corrected chi connectivity index (χ3v) is 4.15. The highest BCUT2D eigenvalue weighted by Gasteiger charge is 2.28. The lowest BCUT2D eigenvalue weighted by Crippen LogP contribution is -2.49. The Labute approximate surface area is 132 Å². The predicted molar refractivity (Wildman–Crippen MR) is 88.5 cm³/mol. The van der Waals surface area contributed by atoms with Crippen molar-refractivity contribution in [1.29, 1.82) is 0 Å². The second kappa shape index (κ2) is 7.07. The monoisotopic (exact) mass is 297 g/mol. The van der Waals surface area contributed by atoms with Gasteiger partial charge in [-0.2, -0.15) is 0 Å². The second-order valence-corrected chi connectivity index (χ2v) is 5.99. The first-order chi connectivity index (χ1) is 10.5. The van der Waals surface area contributed by atoms with Gasteiger partial charge in [0.05, 0.1) is 0 Å². The van der Waals surface area contributed by atoms with Gasteiger partial charge >= 0.3 is 6.03 Å². The molecule has 2 N–H and O–H groups in total. The Hall–Kier alpha value is -2.36. The first kappa shape index (κ1) is 16.0. The summed E-state index contributed by atoms with van der Waals surface area (Å²) in [6.07, 6.45) is 3.44. The SMILES string of the molecule is CC(NC(=O)NCc1ccncc1)C(C)(C)c1ccccc1. The number of pyridine rings is 1. The van der Waals surface area contributed by atoms with Crippen molar-refractivity contribution in [2.75, 3.05) is 0 Å². The lowest BCUT2D eigenvalue weighted by molar-refractivity contribution is 0.231. The maximum atomic E-state index is 12.1. The predicted octanol–water partition coefficient (Wildman–Crippen LogP) is 3.25. The van der Waals surface area contributed by atoms with Gasteiger partial charge in [-0.15, -0.1) is 0 Å². The minimum atomic E-state index is -0.159. The molecule has 1 atom stereocenters. The summed E-state index contributed by atoms with van der Waals surface area (Å²) in [5.74, 6) is 0. The minimum Gasteiger partial charge on any atom is -0.335 e. The quantitative estimate of drug-likeness (QED) is 0.890. The summed E-state index contributed by atoms with van der Waals surface area (Å²) in [6, 6.07) is 13.8. The zero-order valence-electron chi connectivity index (χ0n) is 13.3. The van der Waals surface area contributed by atoms with E-state index in [4.69, 9.17) is 0 Å². The highest BCUT2D eigenvalue weighted by atomic mass is 16.2. The molecule has 4 nitrogen and oxygen atoms in total. The molecule has 1 heterocycles. The van der Waals surface area contributed by atoms with Crippen LogP contribution in [0.1, 0.15) is 31.9 Å². The van der Waals surface area contributed by atoms with Crippen molar-refractivity contribution in [3.8, 4) is 0 Å². The first-order valence-electron chi connectivity index (χ1n) is 7.49. The third kappa shape index (κ3) is 4.07. The van der Waals surface area contributed by atoms with E-state index >= 15 is 0 Å². The fraction of sp³-hybridized carbons (Fsp3) is 0.333. The molecule has 116 valence electrons. The zero-order valence-corrected chi connectivity index (χ0v) is 13.3. The molecule has 1 aromatic heterocycles. The lowest BCUT2D eigenvalue weighted by Gasteiger charge is -2.33. The van der Waals surface area contributed by atoms with Crippen LogP contribution in [0.3, 0.4) is 0 Å². The molecule has 22 heavy (non-hydrogen) atoms. The van der Waals surface area contributed by atoms with Crippen LogP contribution >= 0.6 is 0 Å². The van der Waals surface area contributed by atoms with Crippen LogP contribution in [-0.2, 0) is 12.0 Å². The molecule has 2 aromatic rings. The van der Waals surface area contributed by atoms with Crippen molar-refractivity contribution < 1.29 is 4.79 Å². The fourth-order valence-electron chi connectivity index (χ4n) is 2.23. The van der Waals surface area contributed by atoms with Crippen LogP contribution < -0.4 is 10.6 Å². The van der Waals surface area contributed by atoms with Crippen LogP contribution in [-0.4, -0.2) is 17.1 Å². The van der Waals surface area contributed by atoms with Crippen molar-refractivity contribution in [2.45, 2.75) is 38.8 Å². The van der Waals surface area contributed by atoms with E-state index in [1.807, 2.05) is 37.3 Å². The van der Waals surface area contributed by atoms with E-state index in [0.717, 1.165) is 5.56 Å². The summed E-state index contributed by atoms with van der Waals surface area (Å²) in [4.78, 5) is 16.0. The summed E-state index contributed by atoms with van der Waals surface area (Å²) < 4.78 is 0. The van der Waals surface area contributed by atoms with E-state index in [1.54, 1.807) is 12.4 Å². The van der Waals surface area contributed by atoms with Crippen molar-refractivity contribution in [3.05, 3.63) is 66.0 Å². The largest absolute Gasteiger partial charge is 0.335 e. The van der Waals surface area contributed by atoms with E-state index in [-0.39, 0.29) is 17.5 Å². The van der Waals surface area contributed by atoms with E-state index in [0.29, 0.717) is 6.54 Å². The lowest BCUT2D eigenvalue weighted by atomic mass is 9.78. The van der Waals surface area contributed by atoms with Gasteiger partial charge in [0.2, 0.25) is 0 Å². The molecule has 1 unspecified atom stereocenters. The molecule has 4 heteroatoms. The minimum absolute atomic E-state index is 0.00680. The van der Waals surface area contributed by atoms with Gasteiger partial charge in [-0.25, -0.2) is 4.79 Å². The van der Waals surface area contributed by atoms with Gasteiger partial charge in [-0.3, -0.25) is 4.98 Å². The van der Waals surface area contributed by atoms with Gasteiger partial charge in [0.1, 0.15) is 0 Å². The summed E-state index contributed by atoms with van der Waals surface area (Å²) in [5, 5.41) is 5.90. The van der Waals surface area contributed by atoms with Crippen molar-refractivity contribution in [1.82, 2.24) is 15.6 Å². The van der Waals surface area contributed by atoms with Gasteiger partial charge in [-0.1, -0.05) is 44.2 Å². The van der Waals surface area contributed by atoms with Gasteiger partial charge in [0, 0.05) is 30.4 Å². The molecule has 2 rings (SSSR count). The van der Waals surface area contributed by atoms with Crippen molar-refractivity contribution >= 4 is 6.03 Å². The average Bonchev–Trinajstić information content (AvgIpc) is 2.54. The van der Waals surface area contributed by atoms with Gasteiger partial charge in [0.15, 0.2) is 0 Å². The van der Waals surface area contributed by atoms with Crippen LogP contribution in [0, 0.1) is 0 Å². The van der Waals surface area contributed by atoms with Gasteiger partial charge in [-0.05, 0) is 30.2 Å². The molecule has 1 aromatic carbocycles. The Kier molecular flexibility index (Phi) is 5.15. The number of nitrogens with one attached hydrogen (secondary N) is 2. The smallest absolute Gasteiger partial charge is 0.315 e. The summed E-state index contributed by atoms with van der Waals surface area (Å²) >= 11 is 0. The molecule has 0 bridgehead atoms. The number of rotatable bonds is 5. The molecule has 0 saturated carbocycles. The second-order valence-electron chi connectivity index (χ2n) is 5.99. The van der Waals surface area contributed by atoms with E-state index in [9.17, 15) is 4.79 Å². The van der Waals surface area contributed by atoms with Gasteiger partial charge in [0.25, 0.3) is 0 Å². The number of urea groups is 1.